The van der Waals surface area contributed by atoms with E-state index >= 15 is 0 Å². The Morgan fingerprint density at radius 1 is 1.16 bits per heavy atom. The molecular formula is C28H25N5O2S2. The number of thioether (sulfide) groups is 1. The molecule has 1 unspecified atom stereocenters. The molecule has 37 heavy (non-hydrogen) atoms. The molecule has 0 saturated heterocycles. The minimum atomic E-state index is -0.500. The molecule has 0 fully saturated rings. The fraction of sp³-hybridized carbons (Fsp3) is 0.250. The Kier molecular flexibility index (Phi) is 7.22. The van der Waals surface area contributed by atoms with Gasteiger partial charge in [0.1, 0.15) is 5.82 Å². The first-order chi connectivity index (χ1) is 18.0. The minimum absolute atomic E-state index is 0.00584. The monoisotopic (exact) mass is 527 g/mol. The summed E-state index contributed by atoms with van der Waals surface area (Å²) >= 11 is 2.61. The Labute approximate surface area is 223 Å². The molecule has 2 aromatic carbocycles. The fourth-order valence-electron chi connectivity index (χ4n) is 4.77. The predicted molar refractivity (Wildman–Crippen MR) is 145 cm³/mol. The molecule has 0 radical (unpaired) electrons. The molecule has 2 N–H and O–H groups in total. The number of nitriles is 1. The van der Waals surface area contributed by atoms with E-state index in [2.05, 4.69) is 23.2 Å². The number of carbonyl (C=O) groups excluding carboxylic acids is 2. The zero-order valence-electron chi connectivity index (χ0n) is 20.3. The van der Waals surface area contributed by atoms with Crippen molar-refractivity contribution in [3.05, 3.63) is 94.0 Å². The summed E-state index contributed by atoms with van der Waals surface area (Å²) in [5.41, 5.74) is 11.1. The highest BCUT2D eigenvalue weighted by Crippen LogP contribution is 2.47. The van der Waals surface area contributed by atoms with Gasteiger partial charge in [0.05, 0.1) is 23.3 Å². The van der Waals surface area contributed by atoms with Crippen LogP contribution in [0.15, 0.2) is 81.6 Å². The van der Waals surface area contributed by atoms with Crippen LogP contribution >= 0.6 is 23.1 Å². The van der Waals surface area contributed by atoms with E-state index in [0.717, 1.165) is 17.7 Å². The van der Waals surface area contributed by atoms with Crippen LogP contribution in [-0.4, -0.2) is 27.5 Å². The highest BCUT2D eigenvalue weighted by Gasteiger charge is 2.41. The number of aromatic nitrogens is 2. The van der Waals surface area contributed by atoms with Crippen LogP contribution in [0.4, 0.5) is 5.13 Å². The average Bonchev–Trinajstić information content (AvgIpc) is 3.40. The number of aryl methyl sites for hydroxylation is 1. The maximum atomic E-state index is 13.3. The molecule has 1 aliphatic heterocycles. The lowest BCUT2D eigenvalue weighted by Crippen LogP contribution is -2.38. The molecule has 0 amide bonds. The number of anilines is 1. The average molecular weight is 528 g/mol. The number of nitrogens with zero attached hydrogens (tertiary/aromatic N) is 4. The van der Waals surface area contributed by atoms with Gasteiger partial charge in [-0.25, -0.2) is 0 Å². The minimum Gasteiger partial charge on any atom is -0.384 e. The van der Waals surface area contributed by atoms with Crippen molar-refractivity contribution in [3.63, 3.8) is 0 Å². The summed E-state index contributed by atoms with van der Waals surface area (Å²) in [5, 5.41) is 19.3. The van der Waals surface area contributed by atoms with E-state index in [0.29, 0.717) is 45.4 Å². The first-order valence-electron chi connectivity index (χ1n) is 12.1. The molecule has 0 spiro atoms. The van der Waals surface area contributed by atoms with Crippen LogP contribution in [-0.2, 0) is 11.2 Å². The quantitative estimate of drug-likeness (QED) is 0.322. The number of hydrogen-bond donors (Lipinski definition) is 1. The Hall–Kier alpha value is -3.74. The first-order valence-corrected chi connectivity index (χ1v) is 13.9. The number of carbonyl (C=O) groups is 2. The van der Waals surface area contributed by atoms with Gasteiger partial charge in [0, 0.05) is 23.3 Å². The SMILES string of the molecule is CCc1ccc(C2C(C#N)=C(N)N(c3nnc(SCC(=O)c4ccccc4)s3)C3=C2C(=O)CCC3)cc1. The summed E-state index contributed by atoms with van der Waals surface area (Å²) in [4.78, 5) is 27.5. The van der Waals surface area contributed by atoms with Crippen LogP contribution in [0.3, 0.4) is 0 Å². The van der Waals surface area contributed by atoms with Gasteiger partial charge >= 0.3 is 0 Å². The van der Waals surface area contributed by atoms with Crippen LogP contribution in [0.5, 0.6) is 0 Å². The zero-order chi connectivity index (χ0) is 25.9. The molecule has 1 aromatic heterocycles. The van der Waals surface area contributed by atoms with E-state index in [9.17, 15) is 14.9 Å². The number of ketones is 2. The molecule has 1 atom stereocenters. The van der Waals surface area contributed by atoms with Gasteiger partial charge in [0.15, 0.2) is 15.9 Å². The van der Waals surface area contributed by atoms with Crippen LogP contribution in [0.25, 0.3) is 0 Å². The molecule has 186 valence electrons. The van der Waals surface area contributed by atoms with Crippen molar-refractivity contribution in [3.8, 4) is 6.07 Å². The maximum Gasteiger partial charge on any atom is 0.219 e. The van der Waals surface area contributed by atoms with Gasteiger partial charge in [-0.3, -0.25) is 14.5 Å². The summed E-state index contributed by atoms with van der Waals surface area (Å²) in [6, 6.07) is 19.4. The van der Waals surface area contributed by atoms with Gasteiger partial charge in [0.2, 0.25) is 5.13 Å². The number of allylic oxidation sites excluding steroid dienone is 3. The van der Waals surface area contributed by atoms with Gasteiger partial charge in [-0.15, -0.1) is 10.2 Å². The Morgan fingerprint density at radius 3 is 2.62 bits per heavy atom. The van der Waals surface area contributed by atoms with E-state index in [4.69, 9.17) is 5.73 Å². The second-order valence-corrected chi connectivity index (χ2v) is 11.0. The second kappa shape index (κ2) is 10.7. The molecule has 9 heteroatoms. The number of rotatable bonds is 7. The predicted octanol–water partition coefficient (Wildman–Crippen LogP) is 5.38. The van der Waals surface area contributed by atoms with E-state index in [1.165, 1.54) is 28.7 Å². The van der Waals surface area contributed by atoms with Gasteiger partial charge in [-0.2, -0.15) is 5.26 Å². The van der Waals surface area contributed by atoms with E-state index in [1.807, 2.05) is 42.5 Å². The second-order valence-electron chi connectivity index (χ2n) is 8.84. The first kappa shape index (κ1) is 24.9. The van der Waals surface area contributed by atoms with Gasteiger partial charge < -0.3 is 5.73 Å². The maximum absolute atomic E-state index is 13.3. The summed E-state index contributed by atoms with van der Waals surface area (Å²) in [6.07, 6.45) is 2.70. The molecule has 7 nitrogen and oxygen atoms in total. The van der Waals surface area contributed by atoms with Crippen LogP contribution in [0, 0.1) is 11.3 Å². The van der Waals surface area contributed by atoms with E-state index in [-0.39, 0.29) is 23.1 Å². The molecule has 2 aliphatic rings. The molecular weight excluding hydrogens is 502 g/mol. The molecule has 3 aromatic rings. The number of Topliss-reactive ketones (excluding diaryl/α,β-unsaturated/α-hetero) is 2. The highest BCUT2D eigenvalue weighted by atomic mass is 32.2. The smallest absolute Gasteiger partial charge is 0.219 e. The van der Waals surface area contributed by atoms with Gasteiger partial charge in [-0.1, -0.05) is 84.6 Å². The Bertz CT molecular complexity index is 1450. The van der Waals surface area contributed by atoms with Crippen molar-refractivity contribution in [2.24, 2.45) is 5.73 Å². The van der Waals surface area contributed by atoms with Crippen molar-refractivity contribution in [1.82, 2.24) is 10.2 Å². The Morgan fingerprint density at radius 2 is 1.92 bits per heavy atom. The molecule has 1 aliphatic carbocycles. The number of nitrogens with two attached hydrogens (primary N) is 1. The van der Waals surface area contributed by atoms with Crippen LogP contribution in [0.1, 0.15) is 53.6 Å². The zero-order valence-corrected chi connectivity index (χ0v) is 21.9. The number of hydrogen-bond acceptors (Lipinski definition) is 9. The van der Waals surface area contributed by atoms with Gasteiger partial charge in [-0.05, 0) is 30.4 Å². The molecule has 0 bridgehead atoms. The largest absolute Gasteiger partial charge is 0.384 e. The van der Waals surface area contributed by atoms with E-state index in [1.54, 1.807) is 17.0 Å². The number of benzene rings is 2. The fourth-order valence-corrected chi connectivity index (χ4v) is 6.55. The lowest BCUT2D eigenvalue weighted by molar-refractivity contribution is -0.116. The third-order valence-electron chi connectivity index (χ3n) is 6.64. The highest BCUT2D eigenvalue weighted by molar-refractivity contribution is 8.01. The summed E-state index contributed by atoms with van der Waals surface area (Å²) in [5.74, 6) is 0.0408. The lowest BCUT2D eigenvalue weighted by atomic mass is 9.75. The third-order valence-corrected chi connectivity index (χ3v) is 8.69. The third kappa shape index (κ3) is 4.82. The van der Waals surface area contributed by atoms with Crippen molar-refractivity contribution >= 4 is 39.8 Å². The normalized spacial score (nSPS) is 17.6. The van der Waals surface area contributed by atoms with Crippen molar-refractivity contribution in [1.29, 1.82) is 5.26 Å². The summed E-state index contributed by atoms with van der Waals surface area (Å²) < 4.78 is 0.618. The Balaban J connectivity index is 1.48. The summed E-state index contributed by atoms with van der Waals surface area (Å²) in [6.45, 7) is 2.09. The van der Waals surface area contributed by atoms with Crippen LogP contribution < -0.4 is 10.6 Å². The topological polar surface area (TPSA) is 113 Å². The molecule has 5 rings (SSSR count). The molecule has 2 heterocycles. The van der Waals surface area contributed by atoms with Gasteiger partial charge in [0.25, 0.3) is 0 Å². The standard InChI is InChI=1S/C28H25N5O2S2/c1-2-17-11-13-19(14-12-17)24-20(15-29)26(30)33(21-9-6-10-22(34)25(21)24)27-31-32-28(37-27)36-16-23(35)18-7-4-3-5-8-18/h3-5,7-8,11-14,24H,2,6,9-10,16,30H2,1H3. The van der Waals surface area contributed by atoms with Crippen molar-refractivity contribution in [2.75, 3.05) is 10.7 Å². The van der Waals surface area contributed by atoms with E-state index < -0.39 is 5.92 Å². The van der Waals surface area contributed by atoms with Crippen molar-refractivity contribution < 1.29 is 9.59 Å². The molecule has 0 saturated carbocycles. The lowest BCUT2D eigenvalue weighted by Gasteiger charge is -2.38. The van der Waals surface area contributed by atoms with Crippen molar-refractivity contribution in [2.45, 2.75) is 42.9 Å². The summed E-state index contributed by atoms with van der Waals surface area (Å²) in [7, 11) is 0. The van der Waals surface area contributed by atoms with Crippen LogP contribution in [0.2, 0.25) is 0 Å².